The number of anilines is 1. The predicted octanol–water partition coefficient (Wildman–Crippen LogP) is 2.68. The maximum Gasteiger partial charge on any atom is 0.254 e. The molecule has 0 aliphatic carbocycles. The molecule has 0 aromatic heterocycles. The van der Waals surface area contributed by atoms with Gasteiger partial charge in [0.15, 0.2) is 0 Å². The molecule has 0 radical (unpaired) electrons. The smallest absolute Gasteiger partial charge is 0.254 e. The van der Waals surface area contributed by atoms with E-state index in [9.17, 15) is 14.4 Å². The van der Waals surface area contributed by atoms with E-state index in [0.29, 0.717) is 42.1 Å². The Morgan fingerprint density at radius 3 is 2.38 bits per heavy atom. The van der Waals surface area contributed by atoms with Gasteiger partial charge in [-0.05, 0) is 38.0 Å². The summed E-state index contributed by atoms with van der Waals surface area (Å²) in [7, 11) is 0. The van der Waals surface area contributed by atoms with Crippen LogP contribution in [0.1, 0.15) is 38.7 Å². The minimum absolute atomic E-state index is 0.0935. The molecule has 3 amide bonds. The molecule has 0 spiro atoms. The number of hydrogen-bond acceptors (Lipinski definition) is 4. The first-order valence-corrected chi connectivity index (χ1v) is 8.26. The Morgan fingerprint density at radius 1 is 1.17 bits per heavy atom. The number of hydrogen-bond donors (Lipinski definition) is 0. The van der Waals surface area contributed by atoms with E-state index in [2.05, 4.69) is 0 Å². The Hall–Kier alpha value is -1.92. The van der Waals surface area contributed by atoms with Crippen molar-refractivity contribution >= 4 is 35.0 Å². The molecule has 24 heavy (non-hydrogen) atoms. The van der Waals surface area contributed by atoms with Crippen LogP contribution in [0.15, 0.2) is 18.2 Å². The summed E-state index contributed by atoms with van der Waals surface area (Å²) in [4.78, 5) is 42.8. The van der Waals surface area contributed by atoms with E-state index in [0.717, 1.165) is 0 Å². The van der Waals surface area contributed by atoms with Crippen LogP contribution in [0.5, 0.6) is 0 Å². The molecule has 7 heteroatoms. The van der Waals surface area contributed by atoms with Gasteiger partial charge >= 0.3 is 0 Å². The first-order chi connectivity index (χ1) is 11.3. The highest BCUT2D eigenvalue weighted by Gasteiger charge is 2.40. The third kappa shape index (κ3) is 3.03. The summed E-state index contributed by atoms with van der Waals surface area (Å²) in [6, 6.07) is 4.98. The van der Waals surface area contributed by atoms with Crippen molar-refractivity contribution in [2.45, 2.75) is 39.7 Å². The van der Waals surface area contributed by atoms with Crippen LogP contribution in [-0.4, -0.2) is 29.4 Å². The maximum absolute atomic E-state index is 12.2. The zero-order valence-electron chi connectivity index (χ0n) is 13.7. The highest BCUT2D eigenvalue weighted by Crippen LogP contribution is 2.31. The lowest BCUT2D eigenvalue weighted by Crippen LogP contribution is -2.40. The van der Waals surface area contributed by atoms with Crippen LogP contribution in [0.4, 0.5) is 5.69 Å². The van der Waals surface area contributed by atoms with Crippen molar-refractivity contribution in [2.24, 2.45) is 5.41 Å². The molecule has 0 N–H and O–H groups in total. The number of amides is 3. The van der Waals surface area contributed by atoms with Gasteiger partial charge in [0.1, 0.15) is 0 Å². The van der Waals surface area contributed by atoms with Gasteiger partial charge in [0, 0.05) is 17.9 Å². The van der Waals surface area contributed by atoms with E-state index in [-0.39, 0.29) is 24.3 Å². The number of piperidine rings is 1. The molecule has 128 valence electrons. The second-order valence-corrected chi connectivity index (χ2v) is 7.16. The fourth-order valence-corrected chi connectivity index (χ4v) is 3.05. The van der Waals surface area contributed by atoms with Crippen molar-refractivity contribution in [1.29, 1.82) is 0 Å². The third-order valence-corrected chi connectivity index (χ3v) is 4.63. The van der Waals surface area contributed by atoms with E-state index in [1.165, 1.54) is 9.96 Å². The van der Waals surface area contributed by atoms with Crippen molar-refractivity contribution < 1.29 is 19.2 Å². The molecule has 2 saturated heterocycles. The molecule has 1 aromatic carbocycles. The van der Waals surface area contributed by atoms with Crippen LogP contribution in [0.2, 0.25) is 5.02 Å². The van der Waals surface area contributed by atoms with Crippen molar-refractivity contribution in [3.05, 3.63) is 28.8 Å². The van der Waals surface area contributed by atoms with Crippen molar-refractivity contribution in [2.75, 3.05) is 11.5 Å². The number of benzene rings is 1. The summed E-state index contributed by atoms with van der Waals surface area (Å²) in [6.45, 7) is 4.21. The largest absolute Gasteiger partial charge is 0.274 e. The molecular formula is C17H19ClN2O4. The predicted molar refractivity (Wildman–Crippen MR) is 88.1 cm³/mol. The number of halogens is 1. The number of hydroxylamine groups is 2. The molecular weight excluding hydrogens is 332 g/mol. The Labute approximate surface area is 145 Å². The standard InChI is InChI=1S/C17H19ClN2O4/c1-17(2)10-24-19(16(17)23)9-11-6-7-12(8-13(11)18)20-14(21)4-3-5-15(20)22/h6-8H,3-5,9-10H2,1-2H3. The topological polar surface area (TPSA) is 66.9 Å². The van der Waals surface area contributed by atoms with Gasteiger partial charge in [-0.25, -0.2) is 5.06 Å². The third-order valence-electron chi connectivity index (χ3n) is 4.28. The van der Waals surface area contributed by atoms with Crippen molar-refractivity contribution in [3.8, 4) is 0 Å². The number of carbonyl (C=O) groups excluding carboxylic acids is 3. The minimum Gasteiger partial charge on any atom is -0.274 e. The summed E-state index contributed by atoms with van der Waals surface area (Å²) >= 11 is 6.30. The zero-order valence-corrected chi connectivity index (χ0v) is 14.4. The van der Waals surface area contributed by atoms with Gasteiger partial charge in [-0.3, -0.25) is 24.1 Å². The number of nitrogens with zero attached hydrogens (tertiary/aromatic N) is 2. The van der Waals surface area contributed by atoms with Crippen LogP contribution in [0, 0.1) is 5.41 Å². The van der Waals surface area contributed by atoms with Crippen LogP contribution in [0.3, 0.4) is 0 Å². The van der Waals surface area contributed by atoms with E-state index in [4.69, 9.17) is 16.4 Å². The van der Waals surface area contributed by atoms with Gasteiger partial charge in [-0.2, -0.15) is 0 Å². The maximum atomic E-state index is 12.2. The van der Waals surface area contributed by atoms with Gasteiger partial charge < -0.3 is 0 Å². The number of carbonyl (C=O) groups is 3. The Kier molecular flexibility index (Phi) is 4.36. The van der Waals surface area contributed by atoms with Crippen LogP contribution in [-0.2, 0) is 25.8 Å². The molecule has 2 aliphatic heterocycles. The summed E-state index contributed by atoms with van der Waals surface area (Å²) in [5, 5.41) is 1.69. The van der Waals surface area contributed by atoms with Crippen LogP contribution in [0.25, 0.3) is 0 Å². The van der Waals surface area contributed by atoms with Crippen LogP contribution < -0.4 is 4.90 Å². The molecule has 0 unspecified atom stereocenters. The monoisotopic (exact) mass is 350 g/mol. The van der Waals surface area contributed by atoms with Crippen molar-refractivity contribution in [1.82, 2.24) is 5.06 Å². The first-order valence-electron chi connectivity index (χ1n) is 7.89. The fraction of sp³-hybridized carbons (Fsp3) is 0.471. The lowest BCUT2D eigenvalue weighted by atomic mass is 9.95. The van der Waals surface area contributed by atoms with E-state index < -0.39 is 5.41 Å². The quantitative estimate of drug-likeness (QED) is 0.786. The first kappa shape index (κ1) is 16.9. The molecule has 3 rings (SSSR count). The second kappa shape index (κ2) is 6.18. The zero-order chi connectivity index (χ0) is 17.5. The highest BCUT2D eigenvalue weighted by atomic mass is 35.5. The van der Waals surface area contributed by atoms with Crippen molar-refractivity contribution in [3.63, 3.8) is 0 Å². The summed E-state index contributed by atoms with van der Waals surface area (Å²) < 4.78 is 0. The molecule has 2 fully saturated rings. The SMILES string of the molecule is CC1(C)CON(Cc2ccc(N3C(=O)CCCC3=O)cc2Cl)C1=O. The average molecular weight is 351 g/mol. The molecule has 2 aliphatic rings. The molecule has 0 bridgehead atoms. The minimum atomic E-state index is -0.543. The number of rotatable bonds is 3. The Balaban J connectivity index is 1.79. The van der Waals surface area contributed by atoms with E-state index in [1.807, 2.05) is 13.8 Å². The van der Waals surface area contributed by atoms with E-state index >= 15 is 0 Å². The molecule has 0 saturated carbocycles. The molecule has 1 aromatic rings. The van der Waals surface area contributed by atoms with Gasteiger partial charge in [0.25, 0.3) is 5.91 Å². The van der Waals surface area contributed by atoms with E-state index in [1.54, 1.807) is 18.2 Å². The van der Waals surface area contributed by atoms with Gasteiger partial charge in [0.2, 0.25) is 11.8 Å². The lowest BCUT2D eigenvalue weighted by molar-refractivity contribution is -0.165. The lowest BCUT2D eigenvalue weighted by Gasteiger charge is -2.25. The molecule has 2 heterocycles. The molecule has 6 nitrogen and oxygen atoms in total. The Bertz CT molecular complexity index is 701. The van der Waals surface area contributed by atoms with Gasteiger partial charge in [-0.15, -0.1) is 0 Å². The summed E-state index contributed by atoms with van der Waals surface area (Å²) in [6.07, 6.45) is 1.30. The number of imide groups is 1. The van der Waals surface area contributed by atoms with Gasteiger partial charge in [0.05, 0.1) is 24.3 Å². The molecule has 0 atom stereocenters. The normalized spacial score (nSPS) is 20.9. The fourth-order valence-electron chi connectivity index (χ4n) is 2.81. The highest BCUT2D eigenvalue weighted by molar-refractivity contribution is 6.32. The summed E-state index contributed by atoms with van der Waals surface area (Å²) in [5.41, 5.74) is 0.620. The average Bonchev–Trinajstić information content (AvgIpc) is 2.76. The summed E-state index contributed by atoms with van der Waals surface area (Å²) in [5.74, 6) is -0.520. The second-order valence-electron chi connectivity index (χ2n) is 6.75. The van der Waals surface area contributed by atoms with Gasteiger partial charge in [-0.1, -0.05) is 17.7 Å². The Morgan fingerprint density at radius 2 is 1.83 bits per heavy atom. The van der Waals surface area contributed by atoms with Crippen LogP contribution >= 0.6 is 11.6 Å².